The standard InChI is InChI=1S/C28H30Cl3N3O4S/c1-4-19(2)32-28(36)20(3)33(17-21-10-8-9-13-26(21)31)27(35)18-34(24-15-22(29)14-23(30)16-24)39(37,38)25-11-6-5-7-12-25/h5-16,19-20H,4,17-18H2,1-3H3,(H,32,36)/t19-,20-/m0/s1. The summed E-state index contributed by atoms with van der Waals surface area (Å²) in [6.07, 6.45) is 0.704. The lowest BCUT2D eigenvalue weighted by Crippen LogP contribution is -2.52. The van der Waals surface area contributed by atoms with Gasteiger partial charge in [-0.2, -0.15) is 0 Å². The van der Waals surface area contributed by atoms with Crippen molar-refractivity contribution in [2.45, 2.75) is 50.7 Å². The van der Waals surface area contributed by atoms with Crippen molar-refractivity contribution in [3.63, 3.8) is 0 Å². The quantitative estimate of drug-likeness (QED) is 0.281. The highest BCUT2D eigenvalue weighted by Gasteiger charge is 2.33. The molecule has 0 heterocycles. The summed E-state index contributed by atoms with van der Waals surface area (Å²) in [7, 11) is -4.22. The summed E-state index contributed by atoms with van der Waals surface area (Å²) in [5, 5.41) is 3.71. The number of carbonyl (C=O) groups excluding carboxylic acids is 2. The summed E-state index contributed by atoms with van der Waals surface area (Å²) in [6, 6.07) is 17.9. The molecule has 0 bridgehead atoms. The van der Waals surface area contributed by atoms with E-state index in [2.05, 4.69) is 5.32 Å². The van der Waals surface area contributed by atoms with Gasteiger partial charge in [0.25, 0.3) is 10.0 Å². The Bertz CT molecular complexity index is 1400. The van der Waals surface area contributed by atoms with Gasteiger partial charge in [0.15, 0.2) is 0 Å². The van der Waals surface area contributed by atoms with Crippen LogP contribution in [-0.4, -0.2) is 43.8 Å². The predicted octanol–water partition coefficient (Wildman–Crippen LogP) is 6.17. The smallest absolute Gasteiger partial charge is 0.264 e. The van der Waals surface area contributed by atoms with Crippen LogP contribution in [0.25, 0.3) is 0 Å². The first-order valence-electron chi connectivity index (χ1n) is 12.3. The van der Waals surface area contributed by atoms with E-state index in [1.165, 1.54) is 35.2 Å². The fourth-order valence-corrected chi connectivity index (χ4v) is 5.92. The zero-order valence-corrected chi connectivity index (χ0v) is 24.9. The number of carbonyl (C=O) groups is 2. The van der Waals surface area contributed by atoms with Crippen molar-refractivity contribution in [3.05, 3.63) is 93.4 Å². The second-order valence-corrected chi connectivity index (χ2v) is 12.2. The summed E-state index contributed by atoms with van der Waals surface area (Å²) in [4.78, 5) is 28.3. The highest BCUT2D eigenvalue weighted by Crippen LogP contribution is 2.30. The minimum absolute atomic E-state index is 0.0108. The first kappa shape index (κ1) is 30.8. The number of hydrogen-bond donors (Lipinski definition) is 1. The third-order valence-corrected chi connectivity index (χ3v) is 8.81. The Hall–Kier alpha value is -2.78. The minimum Gasteiger partial charge on any atom is -0.352 e. The second-order valence-electron chi connectivity index (χ2n) is 9.06. The number of rotatable bonds is 11. The van der Waals surface area contributed by atoms with Crippen molar-refractivity contribution in [2.75, 3.05) is 10.8 Å². The molecule has 7 nitrogen and oxygen atoms in total. The Kier molecular flexibility index (Phi) is 10.7. The molecule has 3 rings (SSSR count). The maximum absolute atomic E-state index is 13.9. The van der Waals surface area contributed by atoms with E-state index in [-0.39, 0.29) is 39.1 Å². The highest BCUT2D eigenvalue weighted by molar-refractivity contribution is 7.92. The number of benzene rings is 3. The average Bonchev–Trinajstić information content (AvgIpc) is 2.90. The molecule has 0 aliphatic heterocycles. The zero-order valence-electron chi connectivity index (χ0n) is 21.8. The van der Waals surface area contributed by atoms with E-state index in [4.69, 9.17) is 34.8 Å². The lowest BCUT2D eigenvalue weighted by molar-refractivity contribution is -0.139. The van der Waals surface area contributed by atoms with Gasteiger partial charge in [0, 0.05) is 27.7 Å². The highest BCUT2D eigenvalue weighted by atomic mass is 35.5. The maximum atomic E-state index is 13.9. The number of nitrogens with zero attached hydrogens (tertiary/aromatic N) is 2. The normalized spacial score (nSPS) is 12.9. The van der Waals surface area contributed by atoms with Gasteiger partial charge in [-0.3, -0.25) is 13.9 Å². The minimum atomic E-state index is -4.22. The average molecular weight is 611 g/mol. The number of halogens is 3. The van der Waals surface area contributed by atoms with Crippen LogP contribution in [0.4, 0.5) is 5.69 Å². The molecule has 3 aromatic carbocycles. The van der Waals surface area contributed by atoms with Crippen molar-refractivity contribution in [2.24, 2.45) is 0 Å². The number of anilines is 1. The third-order valence-electron chi connectivity index (χ3n) is 6.21. The molecule has 0 spiro atoms. The molecule has 0 fully saturated rings. The zero-order chi connectivity index (χ0) is 28.7. The van der Waals surface area contributed by atoms with E-state index in [0.717, 1.165) is 4.31 Å². The SMILES string of the molecule is CC[C@H](C)NC(=O)[C@H](C)N(Cc1ccccc1Cl)C(=O)CN(c1cc(Cl)cc(Cl)c1)S(=O)(=O)c1ccccc1. The molecule has 0 aliphatic carbocycles. The molecule has 39 heavy (non-hydrogen) atoms. The number of nitrogens with one attached hydrogen (secondary N) is 1. The van der Waals surface area contributed by atoms with Crippen molar-refractivity contribution in [3.8, 4) is 0 Å². The molecule has 11 heteroatoms. The molecule has 0 aromatic heterocycles. The summed E-state index contributed by atoms with van der Waals surface area (Å²) in [6.45, 7) is 4.77. The molecule has 0 radical (unpaired) electrons. The maximum Gasteiger partial charge on any atom is 0.264 e. The topological polar surface area (TPSA) is 86.8 Å². The van der Waals surface area contributed by atoms with Gasteiger partial charge in [0.1, 0.15) is 12.6 Å². The van der Waals surface area contributed by atoms with Crippen molar-refractivity contribution >= 4 is 62.3 Å². The molecular formula is C28H30Cl3N3O4S. The molecule has 1 N–H and O–H groups in total. The summed E-state index contributed by atoms with van der Waals surface area (Å²) in [5.74, 6) is -0.981. The Labute approximate surface area is 244 Å². The van der Waals surface area contributed by atoms with Crippen LogP contribution in [0.2, 0.25) is 15.1 Å². The van der Waals surface area contributed by atoms with Gasteiger partial charge < -0.3 is 10.2 Å². The van der Waals surface area contributed by atoms with E-state index in [1.807, 2.05) is 13.8 Å². The summed E-state index contributed by atoms with van der Waals surface area (Å²) >= 11 is 18.8. The molecule has 0 unspecified atom stereocenters. The van der Waals surface area contributed by atoms with Gasteiger partial charge in [0.2, 0.25) is 11.8 Å². The van der Waals surface area contributed by atoms with Gasteiger partial charge in [-0.05, 0) is 62.2 Å². The van der Waals surface area contributed by atoms with E-state index < -0.39 is 28.5 Å². The monoisotopic (exact) mass is 609 g/mol. The molecular weight excluding hydrogens is 581 g/mol. The summed E-state index contributed by atoms with van der Waals surface area (Å²) < 4.78 is 28.5. The van der Waals surface area contributed by atoms with E-state index in [0.29, 0.717) is 17.0 Å². The van der Waals surface area contributed by atoms with Crippen LogP contribution in [0.5, 0.6) is 0 Å². The lowest BCUT2D eigenvalue weighted by atomic mass is 10.1. The van der Waals surface area contributed by atoms with Crippen molar-refractivity contribution in [1.82, 2.24) is 10.2 Å². The van der Waals surface area contributed by atoms with Gasteiger partial charge in [-0.25, -0.2) is 8.42 Å². The van der Waals surface area contributed by atoms with Crippen LogP contribution in [0.1, 0.15) is 32.8 Å². The molecule has 0 saturated carbocycles. The van der Waals surface area contributed by atoms with Crippen LogP contribution in [-0.2, 0) is 26.2 Å². The largest absolute Gasteiger partial charge is 0.352 e. The lowest BCUT2D eigenvalue weighted by Gasteiger charge is -2.32. The Morgan fingerprint density at radius 2 is 1.49 bits per heavy atom. The van der Waals surface area contributed by atoms with E-state index >= 15 is 0 Å². The first-order valence-corrected chi connectivity index (χ1v) is 14.9. The van der Waals surface area contributed by atoms with Gasteiger partial charge in [-0.15, -0.1) is 0 Å². The van der Waals surface area contributed by atoms with Crippen LogP contribution in [0, 0.1) is 0 Å². The van der Waals surface area contributed by atoms with Gasteiger partial charge >= 0.3 is 0 Å². The van der Waals surface area contributed by atoms with E-state index in [1.54, 1.807) is 49.4 Å². The number of sulfonamides is 1. The molecule has 2 amide bonds. The molecule has 0 aliphatic rings. The number of hydrogen-bond acceptors (Lipinski definition) is 4. The fourth-order valence-electron chi connectivity index (χ4n) is 3.79. The fraction of sp³-hybridized carbons (Fsp3) is 0.286. The third kappa shape index (κ3) is 7.88. The second kappa shape index (κ2) is 13.5. The molecule has 0 saturated heterocycles. The predicted molar refractivity (Wildman–Crippen MR) is 157 cm³/mol. The van der Waals surface area contributed by atoms with Crippen LogP contribution in [0.3, 0.4) is 0 Å². The Morgan fingerprint density at radius 1 is 0.897 bits per heavy atom. The van der Waals surface area contributed by atoms with Crippen LogP contribution in [0.15, 0.2) is 77.7 Å². The van der Waals surface area contributed by atoms with E-state index in [9.17, 15) is 18.0 Å². The van der Waals surface area contributed by atoms with Gasteiger partial charge in [0.05, 0.1) is 10.6 Å². The van der Waals surface area contributed by atoms with Crippen molar-refractivity contribution < 1.29 is 18.0 Å². The van der Waals surface area contributed by atoms with Gasteiger partial charge in [-0.1, -0.05) is 78.1 Å². The summed E-state index contributed by atoms with van der Waals surface area (Å²) in [5.41, 5.74) is 0.720. The molecule has 2 atom stereocenters. The Morgan fingerprint density at radius 3 is 2.08 bits per heavy atom. The first-order chi connectivity index (χ1) is 18.4. The molecule has 3 aromatic rings. The van der Waals surface area contributed by atoms with Crippen LogP contribution < -0.4 is 9.62 Å². The number of amides is 2. The van der Waals surface area contributed by atoms with Crippen molar-refractivity contribution in [1.29, 1.82) is 0 Å². The van der Waals surface area contributed by atoms with Crippen LogP contribution >= 0.6 is 34.8 Å². The Balaban J connectivity index is 2.06. The molecule has 208 valence electrons.